The van der Waals surface area contributed by atoms with Gasteiger partial charge in [0.1, 0.15) is 0 Å². The van der Waals surface area contributed by atoms with Crippen molar-refractivity contribution in [3.05, 3.63) is 23.7 Å². The Morgan fingerprint density at radius 2 is 2.14 bits per heavy atom. The average Bonchev–Trinajstić information content (AvgIpc) is 2.47. The zero-order chi connectivity index (χ0) is 10.2. The summed E-state index contributed by atoms with van der Waals surface area (Å²) in [6.45, 7) is 0. The number of hydrogen-bond acceptors (Lipinski definition) is 4. The molecule has 4 nitrogen and oxygen atoms in total. The molecule has 14 heavy (non-hydrogen) atoms. The lowest BCUT2D eigenvalue weighted by atomic mass is 9.94. The summed E-state index contributed by atoms with van der Waals surface area (Å²) in [5, 5.41) is 0. The monoisotopic (exact) mass is 216 g/mol. The molecule has 0 amide bonds. The Morgan fingerprint density at radius 1 is 1.43 bits per heavy atom. The maximum Gasteiger partial charge on any atom is 0.264 e. The van der Waals surface area contributed by atoms with Crippen molar-refractivity contribution in [3.63, 3.8) is 0 Å². The number of hydrogen-bond donors (Lipinski definition) is 0. The Balaban J connectivity index is 2.08. The predicted octanol–water partition coefficient (Wildman–Crippen LogP) is 1.11. The maximum atomic E-state index is 10.9. The van der Waals surface area contributed by atoms with Gasteiger partial charge in [0.05, 0.1) is 24.9 Å². The molecular weight excluding hydrogens is 204 g/mol. The second-order valence-corrected chi connectivity index (χ2v) is 5.19. The first kappa shape index (κ1) is 9.73. The topological polar surface area (TPSA) is 56.5 Å². The lowest BCUT2D eigenvalue weighted by Gasteiger charge is -2.20. The molecule has 5 heteroatoms. The molecular formula is C9H12O4S. The van der Waals surface area contributed by atoms with Gasteiger partial charge in [0.25, 0.3) is 10.1 Å². The first-order chi connectivity index (χ1) is 6.54. The molecule has 0 radical (unpaired) electrons. The van der Waals surface area contributed by atoms with E-state index in [-0.39, 0.29) is 6.10 Å². The highest BCUT2D eigenvalue weighted by molar-refractivity contribution is 7.86. The number of rotatable bonds is 2. The van der Waals surface area contributed by atoms with Crippen molar-refractivity contribution in [2.45, 2.75) is 25.4 Å². The van der Waals surface area contributed by atoms with Crippen LogP contribution in [0.25, 0.3) is 0 Å². The molecule has 2 rings (SSSR count). The largest absolute Gasteiger partial charge is 0.472 e. The fraction of sp³-hybridized carbons (Fsp3) is 0.556. The van der Waals surface area contributed by atoms with Crippen LogP contribution in [0.3, 0.4) is 0 Å². The molecule has 1 heterocycles. The first-order valence-corrected chi connectivity index (χ1v) is 6.28. The third-order valence-electron chi connectivity index (χ3n) is 2.33. The normalized spacial score (nSPS) is 21.9. The molecule has 0 spiro atoms. The van der Waals surface area contributed by atoms with Crippen LogP contribution in [0.15, 0.2) is 16.9 Å². The summed E-state index contributed by atoms with van der Waals surface area (Å²) in [4.78, 5) is 0. The molecule has 1 aliphatic carbocycles. The SMILES string of the molecule is CS(=O)(=O)OC1CCc2cocc2C1. The van der Waals surface area contributed by atoms with Gasteiger partial charge in [0.2, 0.25) is 0 Å². The van der Waals surface area contributed by atoms with Crippen LogP contribution < -0.4 is 0 Å². The quantitative estimate of drug-likeness (QED) is 0.695. The number of aryl methyl sites for hydroxylation is 1. The van der Waals surface area contributed by atoms with Gasteiger partial charge in [-0.25, -0.2) is 0 Å². The van der Waals surface area contributed by atoms with Crippen molar-refractivity contribution >= 4 is 10.1 Å². The molecule has 0 aliphatic heterocycles. The van der Waals surface area contributed by atoms with Crippen LogP contribution in [-0.2, 0) is 27.1 Å². The summed E-state index contributed by atoms with van der Waals surface area (Å²) in [7, 11) is -3.34. The van der Waals surface area contributed by atoms with Crippen molar-refractivity contribution < 1.29 is 17.0 Å². The fourth-order valence-corrected chi connectivity index (χ4v) is 2.40. The Morgan fingerprint density at radius 3 is 2.86 bits per heavy atom. The van der Waals surface area contributed by atoms with Gasteiger partial charge in [0, 0.05) is 6.42 Å². The van der Waals surface area contributed by atoms with Crippen LogP contribution in [0, 0.1) is 0 Å². The lowest BCUT2D eigenvalue weighted by molar-refractivity contribution is 0.194. The molecule has 0 bridgehead atoms. The second kappa shape index (κ2) is 3.40. The third kappa shape index (κ3) is 2.16. The maximum absolute atomic E-state index is 10.9. The van der Waals surface area contributed by atoms with Crippen LogP contribution in [0.2, 0.25) is 0 Å². The molecule has 1 aliphatic rings. The van der Waals surface area contributed by atoms with Gasteiger partial charge in [-0.15, -0.1) is 0 Å². The number of furan rings is 1. The molecule has 1 atom stereocenters. The van der Waals surface area contributed by atoms with Crippen LogP contribution in [0.1, 0.15) is 17.5 Å². The van der Waals surface area contributed by atoms with Gasteiger partial charge in [-0.2, -0.15) is 8.42 Å². The Hall–Kier alpha value is -0.810. The highest BCUT2D eigenvalue weighted by Gasteiger charge is 2.23. The summed E-state index contributed by atoms with van der Waals surface area (Å²) in [6.07, 6.45) is 6.41. The highest BCUT2D eigenvalue weighted by Crippen LogP contribution is 2.24. The van der Waals surface area contributed by atoms with Gasteiger partial charge in [-0.1, -0.05) is 0 Å². The third-order valence-corrected chi connectivity index (χ3v) is 2.95. The predicted molar refractivity (Wildman–Crippen MR) is 50.4 cm³/mol. The van der Waals surface area contributed by atoms with E-state index in [1.807, 2.05) is 0 Å². The second-order valence-electron chi connectivity index (χ2n) is 3.59. The minimum Gasteiger partial charge on any atom is -0.472 e. The Kier molecular flexibility index (Phi) is 2.36. The summed E-state index contributed by atoms with van der Waals surface area (Å²) >= 11 is 0. The molecule has 0 saturated heterocycles. The highest BCUT2D eigenvalue weighted by atomic mass is 32.2. The van der Waals surface area contributed by atoms with Gasteiger partial charge in [-0.3, -0.25) is 4.18 Å². The zero-order valence-corrected chi connectivity index (χ0v) is 8.71. The first-order valence-electron chi connectivity index (χ1n) is 4.47. The van der Waals surface area contributed by atoms with Crippen molar-refractivity contribution in [2.75, 3.05) is 6.26 Å². The van der Waals surface area contributed by atoms with Crippen molar-refractivity contribution in [1.82, 2.24) is 0 Å². The van der Waals surface area contributed by atoms with Crippen LogP contribution in [-0.4, -0.2) is 20.8 Å². The Bertz CT molecular complexity index is 418. The van der Waals surface area contributed by atoms with Gasteiger partial charge >= 0.3 is 0 Å². The van der Waals surface area contributed by atoms with E-state index in [0.717, 1.165) is 24.7 Å². The van der Waals surface area contributed by atoms with E-state index >= 15 is 0 Å². The van der Waals surface area contributed by atoms with Crippen LogP contribution in [0.4, 0.5) is 0 Å². The van der Waals surface area contributed by atoms with E-state index in [9.17, 15) is 8.42 Å². The smallest absolute Gasteiger partial charge is 0.264 e. The van der Waals surface area contributed by atoms with Gasteiger partial charge in [0.15, 0.2) is 0 Å². The average molecular weight is 216 g/mol. The Labute approximate surface area is 83.0 Å². The van der Waals surface area contributed by atoms with E-state index in [1.165, 1.54) is 5.56 Å². The molecule has 0 aromatic carbocycles. The molecule has 0 N–H and O–H groups in total. The summed E-state index contributed by atoms with van der Waals surface area (Å²) in [6, 6.07) is 0. The van der Waals surface area contributed by atoms with Crippen molar-refractivity contribution in [3.8, 4) is 0 Å². The molecule has 1 aromatic heterocycles. The van der Waals surface area contributed by atoms with E-state index in [2.05, 4.69) is 0 Å². The molecule has 0 fully saturated rings. The van der Waals surface area contributed by atoms with Crippen LogP contribution in [0.5, 0.6) is 0 Å². The van der Waals surface area contributed by atoms with E-state index in [4.69, 9.17) is 8.60 Å². The molecule has 78 valence electrons. The van der Waals surface area contributed by atoms with Crippen molar-refractivity contribution in [1.29, 1.82) is 0 Å². The minimum absolute atomic E-state index is 0.227. The fourth-order valence-electron chi connectivity index (χ4n) is 1.74. The van der Waals surface area contributed by atoms with Crippen molar-refractivity contribution in [2.24, 2.45) is 0 Å². The summed E-state index contributed by atoms with van der Waals surface area (Å²) in [5.41, 5.74) is 2.23. The number of fused-ring (bicyclic) bond motifs is 1. The molecule has 1 unspecified atom stereocenters. The van der Waals surface area contributed by atoms with Gasteiger partial charge in [-0.05, 0) is 24.0 Å². The molecule has 0 saturated carbocycles. The lowest BCUT2D eigenvalue weighted by Crippen LogP contribution is -2.24. The minimum atomic E-state index is -3.34. The summed E-state index contributed by atoms with van der Waals surface area (Å²) in [5.74, 6) is 0. The standard InChI is InChI=1S/C9H12O4S/c1-14(10,11)13-9-3-2-7-5-12-6-8(7)4-9/h5-6,9H,2-4H2,1H3. The van der Waals surface area contributed by atoms with E-state index in [1.54, 1.807) is 12.5 Å². The summed E-state index contributed by atoms with van der Waals surface area (Å²) < 4.78 is 31.8. The van der Waals surface area contributed by atoms with Crippen LogP contribution >= 0.6 is 0 Å². The van der Waals surface area contributed by atoms with E-state index in [0.29, 0.717) is 6.42 Å². The van der Waals surface area contributed by atoms with Gasteiger partial charge < -0.3 is 4.42 Å². The zero-order valence-electron chi connectivity index (χ0n) is 7.89. The molecule has 1 aromatic rings. The van der Waals surface area contributed by atoms with E-state index < -0.39 is 10.1 Å².